The van der Waals surface area contributed by atoms with Crippen molar-refractivity contribution in [1.29, 1.82) is 0 Å². The van der Waals surface area contributed by atoms with E-state index in [4.69, 9.17) is 5.11 Å². The zero-order valence-electron chi connectivity index (χ0n) is 9.90. The molecule has 1 heterocycles. The Morgan fingerprint density at radius 1 is 1.33 bits per heavy atom. The minimum Gasteiger partial charge on any atom is -0.388 e. The van der Waals surface area contributed by atoms with Crippen molar-refractivity contribution in [2.75, 3.05) is 0 Å². The van der Waals surface area contributed by atoms with Gasteiger partial charge in [-0.25, -0.2) is 0 Å². The van der Waals surface area contributed by atoms with Crippen LogP contribution in [0.3, 0.4) is 0 Å². The number of aliphatic hydroxyl groups is 1. The molecule has 1 aromatic heterocycles. The van der Waals surface area contributed by atoms with Crippen molar-refractivity contribution in [3.63, 3.8) is 0 Å². The molecular formula is C11H21N3O. The Hall–Kier alpha value is -0.900. The lowest BCUT2D eigenvalue weighted by Gasteiger charge is -2.13. The molecule has 86 valence electrons. The normalized spacial score (nSPS) is 13.1. The second-order valence-corrected chi connectivity index (χ2v) is 3.94. The van der Waals surface area contributed by atoms with Crippen molar-refractivity contribution in [1.82, 2.24) is 14.8 Å². The van der Waals surface area contributed by atoms with Crippen LogP contribution in [0.4, 0.5) is 0 Å². The van der Waals surface area contributed by atoms with E-state index in [0.29, 0.717) is 11.7 Å². The third-order valence-corrected chi connectivity index (χ3v) is 2.90. The molecule has 0 bridgehead atoms. The van der Waals surface area contributed by atoms with Gasteiger partial charge in [-0.15, -0.1) is 10.2 Å². The molecule has 0 saturated carbocycles. The maximum absolute atomic E-state index is 9.04. The van der Waals surface area contributed by atoms with Gasteiger partial charge in [0.1, 0.15) is 12.4 Å². The van der Waals surface area contributed by atoms with Gasteiger partial charge in [0.05, 0.1) is 0 Å². The zero-order valence-corrected chi connectivity index (χ0v) is 9.90. The second-order valence-electron chi connectivity index (χ2n) is 3.94. The second kappa shape index (κ2) is 5.85. The largest absolute Gasteiger partial charge is 0.388 e. The number of hydrogen-bond acceptors (Lipinski definition) is 3. The highest BCUT2D eigenvalue weighted by Gasteiger charge is 2.16. The van der Waals surface area contributed by atoms with E-state index in [9.17, 15) is 0 Å². The first-order valence-corrected chi connectivity index (χ1v) is 5.73. The molecule has 1 atom stereocenters. The number of rotatable bonds is 6. The van der Waals surface area contributed by atoms with E-state index >= 15 is 0 Å². The van der Waals surface area contributed by atoms with E-state index in [1.54, 1.807) is 0 Å². The monoisotopic (exact) mass is 211 g/mol. The minimum atomic E-state index is -0.0340. The van der Waals surface area contributed by atoms with Crippen molar-refractivity contribution in [2.24, 2.45) is 7.05 Å². The summed E-state index contributed by atoms with van der Waals surface area (Å²) in [5, 5.41) is 17.2. The van der Waals surface area contributed by atoms with Gasteiger partial charge in [0.15, 0.2) is 5.82 Å². The molecule has 15 heavy (non-hydrogen) atoms. The summed E-state index contributed by atoms with van der Waals surface area (Å²) in [5.41, 5.74) is 0. The molecule has 0 spiro atoms. The Labute approximate surface area is 91.3 Å². The van der Waals surface area contributed by atoms with Gasteiger partial charge in [-0.05, 0) is 12.8 Å². The molecular weight excluding hydrogens is 190 g/mol. The van der Waals surface area contributed by atoms with Crippen LogP contribution in [0.5, 0.6) is 0 Å². The smallest absolute Gasteiger partial charge is 0.158 e. The number of nitrogens with zero attached hydrogens (tertiary/aromatic N) is 3. The number of aliphatic hydroxyl groups excluding tert-OH is 1. The summed E-state index contributed by atoms with van der Waals surface area (Å²) < 4.78 is 1.92. The fourth-order valence-corrected chi connectivity index (χ4v) is 1.83. The Balaban J connectivity index is 2.77. The maximum atomic E-state index is 9.04. The fourth-order valence-electron chi connectivity index (χ4n) is 1.83. The molecule has 1 unspecified atom stereocenters. The SMILES string of the molecule is CCCCC(CC)c1nnc(CO)n1C. The molecule has 1 aromatic rings. The first-order chi connectivity index (χ1) is 7.24. The third-order valence-electron chi connectivity index (χ3n) is 2.90. The summed E-state index contributed by atoms with van der Waals surface area (Å²) in [5.74, 6) is 2.14. The van der Waals surface area contributed by atoms with Gasteiger partial charge in [-0.3, -0.25) is 0 Å². The van der Waals surface area contributed by atoms with Gasteiger partial charge in [0.25, 0.3) is 0 Å². The molecule has 0 amide bonds. The van der Waals surface area contributed by atoms with Crippen LogP contribution in [0, 0.1) is 0 Å². The summed E-state index contributed by atoms with van der Waals surface area (Å²) in [7, 11) is 1.93. The quantitative estimate of drug-likeness (QED) is 0.783. The molecule has 1 N–H and O–H groups in total. The summed E-state index contributed by atoms with van der Waals surface area (Å²) >= 11 is 0. The summed E-state index contributed by atoms with van der Waals surface area (Å²) in [6.07, 6.45) is 4.67. The lowest BCUT2D eigenvalue weighted by atomic mass is 9.98. The molecule has 0 radical (unpaired) electrons. The minimum absolute atomic E-state index is 0.0340. The van der Waals surface area contributed by atoms with E-state index in [-0.39, 0.29) is 6.61 Å². The third kappa shape index (κ3) is 2.78. The Kier molecular flexibility index (Phi) is 4.75. The van der Waals surface area contributed by atoms with Gasteiger partial charge in [0.2, 0.25) is 0 Å². The Bertz CT molecular complexity index is 296. The average molecular weight is 211 g/mol. The fraction of sp³-hybridized carbons (Fsp3) is 0.818. The van der Waals surface area contributed by atoms with Crippen molar-refractivity contribution in [3.8, 4) is 0 Å². The molecule has 4 heteroatoms. The summed E-state index contributed by atoms with van der Waals surface area (Å²) in [6, 6.07) is 0. The van der Waals surface area contributed by atoms with Gasteiger partial charge in [-0.1, -0.05) is 26.7 Å². The van der Waals surface area contributed by atoms with E-state index < -0.39 is 0 Å². The van der Waals surface area contributed by atoms with E-state index in [1.165, 1.54) is 12.8 Å². The Morgan fingerprint density at radius 3 is 2.53 bits per heavy atom. The predicted octanol–water partition coefficient (Wildman–Crippen LogP) is 1.99. The lowest BCUT2D eigenvalue weighted by Crippen LogP contribution is -2.07. The van der Waals surface area contributed by atoms with Crippen LogP contribution >= 0.6 is 0 Å². The van der Waals surface area contributed by atoms with Crippen LogP contribution in [0.25, 0.3) is 0 Å². The van der Waals surface area contributed by atoms with Gasteiger partial charge in [0, 0.05) is 13.0 Å². The van der Waals surface area contributed by atoms with Gasteiger partial charge < -0.3 is 9.67 Å². The molecule has 0 aromatic carbocycles. The molecule has 0 saturated heterocycles. The molecule has 0 aliphatic heterocycles. The van der Waals surface area contributed by atoms with Crippen LogP contribution in [-0.4, -0.2) is 19.9 Å². The van der Waals surface area contributed by atoms with Gasteiger partial charge >= 0.3 is 0 Å². The standard InChI is InChI=1S/C11H21N3O/c1-4-6-7-9(5-2)11-13-12-10(8-15)14(11)3/h9,15H,4-8H2,1-3H3. The number of aromatic nitrogens is 3. The van der Waals surface area contributed by atoms with Gasteiger partial charge in [-0.2, -0.15) is 0 Å². The van der Waals surface area contributed by atoms with Crippen LogP contribution in [0.2, 0.25) is 0 Å². The highest BCUT2D eigenvalue weighted by atomic mass is 16.3. The molecule has 0 fully saturated rings. The highest BCUT2D eigenvalue weighted by Crippen LogP contribution is 2.23. The van der Waals surface area contributed by atoms with Crippen LogP contribution < -0.4 is 0 Å². The van der Waals surface area contributed by atoms with Crippen LogP contribution in [0.15, 0.2) is 0 Å². The van der Waals surface area contributed by atoms with E-state index in [1.807, 2.05) is 11.6 Å². The zero-order chi connectivity index (χ0) is 11.3. The lowest BCUT2D eigenvalue weighted by molar-refractivity contribution is 0.266. The van der Waals surface area contributed by atoms with Crippen LogP contribution in [0.1, 0.15) is 57.1 Å². The molecule has 4 nitrogen and oxygen atoms in total. The van der Waals surface area contributed by atoms with Crippen molar-refractivity contribution < 1.29 is 5.11 Å². The molecule has 1 rings (SSSR count). The topological polar surface area (TPSA) is 50.9 Å². The number of hydrogen-bond donors (Lipinski definition) is 1. The van der Waals surface area contributed by atoms with Crippen molar-refractivity contribution in [2.45, 2.75) is 52.1 Å². The van der Waals surface area contributed by atoms with Crippen molar-refractivity contribution >= 4 is 0 Å². The highest BCUT2D eigenvalue weighted by molar-refractivity contribution is 5.00. The maximum Gasteiger partial charge on any atom is 0.158 e. The van der Waals surface area contributed by atoms with E-state index in [0.717, 1.165) is 18.7 Å². The first kappa shape index (κ1) is 12.2. The Morgan fingerprint density at radius 2 is 2.07 bits per heavy atom. The predicted molar refractivity (Wildman–Crippen MR) is 59.5 cm³/mol. The summed E-state index contributed by atoms with van der Waals surface area (Å²) in [4.78, 5) is 0. The summed E-state index contributed by atoms with van der Waals surface area (Å²) in [6.45, 7) is 4.34. The van der Waals surface area contributed by atoms with Crippen molar-refractivity contribution in [3.05, 3.63) is 11.6 Å². The molecule has 0 aliphatic carbocycles. The average Bonchev–Trinajstić information content (AvgIpc) is 2.62. The van der Waals surface area contributed by atoms with Crippen LogP contribution in [-0.2, 0) is 13.7 Å². The first-order valence-electron chi connectivity index (χ1n) is 5.73. The van der Waals surface area contributed by atoms with E-state index in [2.05, 4.69) is 24.0 Å². The number of unbranched alkanes of at least 4 members (excludes halogenated alkanes) is 1. The molecule has 0 aliphatic rings.